The van der Waals surface area contributed by atoms with Gasteiger partial charge in [-0.2, -0.15) is 8.78 Å². The van der Waals surface area contributed by atoms with Crippen LogP contribution in [0, 0.1) is 0 Å². The average Bonchev–Trinajstić information content (AvgIpc) is 1.59. The van der Waals surface area contributed by atoms with Gasteiger partial charge < -0.3 is 9.30 Å². The lowest BCUT2D eigenvalue weighted by molar-refractivity contribution is -0.113. The lowest BCUT2D eigenvalue weighted by Crippen LogP contribution is -2.00. The van der Waals surface area contributed by atoms with Crippen molar-refractivity contribution in [2.24, 2.45) is 0 Å². The van der Waals surface area contributed by atoms with Crippen LogP contribution in [0.25, 0.3) is 0 Å². The highest BCUT2D eigenvalue weighted by atomic mass is 31.2. The van der Waals surface area contributed by atoms with Crippen molar-refractivity contribution in [3.05, 3.63) is 0 Å². The van der Waals surface area contributed by atoms with E-state index in [1.54, 1.807) is 0 Å². The minimum atomic E-state index is -2.81. The fourth-order valence-electron chi connectivity index (χ4n) is 0.236. The summed E-state index contributed by atoms with van der Waals surface area (Å²) < 4.78 is 36.9. The van der Waals surface area contributed by atoms with E-state index in [9.17, 15) is 13.3 Å². The van der Waals surface area contributed by atoms with Crippen LogP contribution in [0.2, 0.25) is 0 Å². The first-order valence-corrected chi connectivity index (χ1v) is 5.14. The van der Waals surface area contributed by atoms with Gasteiger partial charge >= 0.3 is 6.61 Å². The maximum absolute atomic E-state index is 11.2. The van der Waals surface area contributed by atoms with Crippen LogP contribution in [0.1, 0.15) is 0 Å². The molecule has 0 amide bonds. The van der Waals surface area contributed by atoms with Gasteiger partial charge in [0.05, 0.1) is 0 Å². The Bertz CT molecular complexity index is 120. The standard InChI is InChI=1S/C4H9F2O2P/c1-9(2,7)3-8-4(5)6/h4H,3H2,1-2H3. The lowest BCUT2D eigenvalue weighted by Gasteiger charge is -2.05. The van der Waals surface area contributed by atoms with E-state index in [0.29, 0.717) is 0 Å². The van der Waals surface area contributed by atoms with Crippen molar-refractivity contribution in [1.82, 2.24) is 0 Å². The highest BCUT2D eigenvalue weighted by Gasteiger charge is 2.10. The van der Waals surface area contributed by atoms with E-state index in [-0.39, 0.29) is 6.35 Å². The predicted molar refractivity (Wildman–Crippen MR) is 31.4 cm³/mol. The molecular formula is C4H9F2O2P. The summed E-state index contributed by atoms with van der Waals surface area (Å²) in [6.07, 6.45) is -0.343. The normalized spacial score (nSPS) is 12.6. The van der Waals surface area contributed by atoms with Crippen LogP contribution in [0.15, 0.2) is 0 Å². The second-order valence-electron chi connectivity index (χ2n) is 2.13. The summed E-state index contributed by atoms with van der Waals surface area (Å²) in [5.41, 5.74) is 0. The van der Waals surface area contributed by atoms with Gasteiger partial charge in [-0.25, -0.2) is 0 Å². The minimum absolute atomic E-state index is 0.343. The molecule has 0 aromatic rings. The van der Waals surface area contributed by atoms with E-state index in [0.717, 1.165) is 0 Å². The number of rotatable bonds is 3. The Morgan fingerprint density at radius 2 is 2.00 bits per heavy atom. The highest BCUT2D eigenvalue weighted by Crippen LogP contribution is 2.35. The van der Waals surface area contributed by atoms with Gasteiger partial charge in [-0.15, -0.1) is 0 Å². The quantitative estimate of drug-likeness (QED) is 0.585. The second-order valence-corrected chi connectivity index (χ2v) is 5.54. The minimum Gasteiger partial charge on any atom is -0.322 e. The molecule has 0 aliphatic rings. The number of hydrogen-bond acceptors (Lipinski definition) is 2. The van der Waals surface area contributed by atoms with Gasteiger partial charge in [0, 0.05) is 0 Å². The van der Waals surface area contributed by atoms with E-state index < -0.39 is 13.8 Å². The summed E-state index contributed by atoms with van der Waals surface area (Å²) >= 11 is 0. The van der Waals surface area contributed by atoms with E-state index in [2.05, 4.69) is 4.74 Å². The molecule has 0 aromatic heterocycles. The summed E-state index contributed by atoms with van der Waals surface area (Å²) in [4.78, 5) is 0. The third-order valence-electron chi connectivity index (χ3n) is 0.511. The first-order valence-electron chi connectivity index (χ1n) is 2.35. The Balaban J connectivity index is 3.40. The molecule has 5 heteroatoms. The second kappa shape index (κ2) is 3.28. The Morgan fingerprint density at radius 1 is 1.56 bits per heavy atom. The van der Waals surface area contributed by atoms with E-state index >= 15 is 0 Å². The van der Waals surface area contributed by atoms with Crippen LogP contribution in [-0.2, 0) is 9.30 Å². The summed E-state index contributed by atoms with van der Waals surface area (Å²) in [7, 11) is -2.42. The molecule has 0 unspecified atom stereocenters. The van der Waals surface area contributed by atoms with Gasteiger partial charge in [-0.1, -0.05) is 0 Å². The van der Waals surface area contributed by atoms with Gasteiger partial charge in [0.15, 0.2) is 0 Å². The molecule has 0 aliphatic heterocycles. The van der Waals surface area contributed by atoms with Gasteiger partial charge in [-0.05, 0) is 13.3 Å². The third-order valence-corrected chi connectivity index (χ3v) is 1.28. The fraction of sp³-hybridized carbons (Fsp3) is 1.00. The van der Waals surface area contributed by atoms with E-state index in [4.69, 9.17) is 0 Å². The molecule has 0 heterocycles. The topological polar surface area (TPSA) is 26.3 Å². The lowest BCUT2D eigenvalue weighted by atomic mass is 11.4. The molecule has 0 spiro atoms. The maximum Gasteiger partial charge on any atom is 0.345 e. The molecule has 0 atom stereocenters. The van der Waals surface area contributed by atoms with Crippen LogP contribution >= 0.6 is 7.14 Å². The molecule has 9 heavy (non-hydrogen) atoms. The van der Waals surface area contributed by atoms with Gasteiger partial charge in [0.25, 0.3) is 0 Å². The first kappa shape index (κ1) is 9.05. The van der Waals surface area contributed by atoms with Gasteiger partial charge in [-0.3, -0.25) is 0 Å². The van der Waals surface area contributed by atoms with Gasteiger partial charge in [0.1, 0.15) is 13.5 Å². The summed E-state index contributed by atoms with van der Waals surface area (Å²) in [5, 5.41) is 0. The average molecular weight is 158 g/mol. The van der Waals surface area contributed by atoms with Crippen molar-refractivity contribution in [3.8, 4) is 0 Å². The summed E-state index contributed by atoms with van der Waals surface area (Å²) in [6, 6.07) is 0. The Kier molecular flexibility index (Phi) is 3.30. The highest BCUT2D eigenvalue weighted by molar-refractivity contribution is 7.62. The van der Waals surface area contributed by atoms with Crippen LogP contribution in [-0.4, -0.2) is 26.3 Å². The van der Waals surface area contributed by atoms with Crippen molar-refractivity contribution in [2.75, 3.05) is 19.7 Å². The third kappa shape index (κ3) is 8.05. The van der Waals surface area contributed by atoms with E-state index in [1.807, 2.05) is 0 Å². The van der Waals surface area contributed by atoms with Crippen molar-refractivity contribution < 1.29 is 18.1 Å². The molecule has 0 rings (SSSR count). The van der Waals surface area contributed by atoms with Crippen molar-refractivity contribution >= 4 is 7.14 Å². The monoisotopic (exact) mass is 158 g/mol. The molecule has 0 radical (unpaired) electrons. The molecule has 56 valence electrons. The molecule has 0 aromatic carbocycles. The Labute approximate surface area is 52.6 Å². The van der Waals surface area contributed by atoms with Crippen LogP contribution < -0.4 is 0 Å². The number of halogens is 2. The molecule has 0 fully saturated rings. The van der Waals surface area contributed by atoms with Gasteiger partial charge in [0.2, 0.25) is 0 Å². The van der Waals surface area contributed by atoms with E-state index in [1.165, 1.54) is 13.3 Å². The number of hydrogen-bond donors (Lipinski definition) is 0. The van der Waals surface area contributed by atoms with Crippen molar-refractivity contribution in [2.45, 2.75) is 6.61 Å². The molecule has 0 saturated heterocycles. The molecule has 0 N–H and O–H groups in total. The molecule has 0 saturated carbocycles. The molecule has 0 aliphatic carbocycles. The van der Waals surface area contributed by atoms with Crippen molar-refractivity contribution in [1.29, 1.82) is 0 Å². The summed E-state index contributed by atoms with van der Waals surface area (Å²) in [5.74, 6) is 0. The van der Waals surface area contributed by atoms with Crippen LogP contribution in [0.3, 0.4) is 0 Å². The fourth-order valence-corrected chi connectivity index (χ4v) is 0.708. The molecule has 2 nitrogen and oxygen atoms in total. The first-order chi connectivity index (χ1) is 3.92. The predicted octanol–water partition coefficient (Wildman–Crippen LogP) is 1.81. The SMILES string of the molecule is CP(C)(=O)COC(F)F. The zero-order valence-electron chi connectivity index (χ0n) is 5.30. The smallest absolute Gasteiger partial charge is 0.322 e. The van der Waals surface area contributed by atoms with Crippen molar-refractivity contribution in [3.63, 3.8) is 0 Å². The number of alkyl halides is 2. The number of ether oxygens (including phenoxy) is 1. The summed E-state index contributed by atoms with van der Waals surface area (Å²) in [6.45, 7) is -0.0108. The zero-order valence-corrected chi connectivity index (χ0v) is 6.20. The molecular weight excluding hydrogens is 149 g/mol. The van der Waals surface area contributed by atoms with Crippen LogP contribution in [0.5, 0.6) is 0 Å². The largest absolute Gasteiger partial charge is 0.345 e. The Morgan fingerprint density at radius 3 is 2.11 bits per heavy atom. The van der Waals surface area contributed by atoms with Crippen LogP contribution in [0.4, 0.5) is 8.78 Å². The Hall–Kier alpha value is 0.0500. The zero-order chi connectivity index (χ0) is 7.49. The maximum atomic E-state index is 11.2. The molecule has 0 bridgehead atoms.